The zero-order valence-electron chi connectivity index (χ0n) is 15.4. The molecule has 2 aromatic carbocycles. The Bertz CT molecular complexity index is 1010. The van der Waals surface area contributed by atoms with Crippen molar-refractivity contribution in [1.29, 1.82) is 0 Å². The summed E-state index contributed by atoms with van der Waals surface area (Å²) in [4.78, 5) is 24.0. The number of fused-ring (bicyclic) bond motifs is 1. The summed E-state index contributed by atoms with van der Waals surface area (Å²) in [5.74, 6) is 1.80. The Balaban J connectivity index is 1.35. The Kier molecular flexibility index (Phi) is 4.85. The molecule has 2 amide bonds. The van der Waals surface area contributed by atoms with Gasteiger partial charge in [-0.25, -0.2) is 0 Å². The van der Waals surface area contributed by atoms with E-state index in [1.54, 1.807) is 25.1 Å². The van der Waals surface area contributed by atoms with Gasteiger partial charge in [-0.2, -0.15) is 0 Å². The molecule has 2 N–H and O–H groups in total. The van der Waals surface area contributed by atoms with E-state index >= 15 is 0 Å². The minimum atomic E-state index is -0.526. The number of rotatable bonds is 5. The van der Waals surface area contributed by atoms with Crippen LogP contribution in [0.5, 0.6) is 5.75 Å². The summed E-state index contributed by atoms with van der Waals surface area (Å²) >= 11 is 0. The number of carbonyl (C=O) groups is 2. The highest BCUT2D eigenvalue weighted by molar-refractivity contribution is 5.99. The molecule has 6 nitrogen and oxygen atoms in total. The summed E-state index contributed by atoms with van der Waals surface area (Å²) in [6, 6.07) is 18.8. The maximum absolute atomic E-state index is 12.3. The van der Waals surface area contributed by atoms with Crippen molar-refractivity contribution in [3.63, 3.8) is 0 Å². The number of benzene rings is 2. The molecule has 0 aliphatic carbocycles. The van der Waals surface area contributed by atoms with Gasteiger partial charge in [-0.3, -0.25) is 9.59 Å². The normalized spacial score (nSPS) is 15.3. The van der Waals surface area contributed by atoms with Crippen LogP contribution < -0.4 is 15.4 Å². The summed E-state index contributed by atoms with van der Waals surface area (Å²) in [5, 5.41) is 5.61. The van der Waals surface area contributed by atoms with Crippen LogP contribution in [0.1, 0.15) is 19.1 Å². The molecule has 1 atom stereocenters. The van der Waals surface area contributed by atoms with Gasteiger partial charge in [0.25, 0.3) is 5.91 Å². The average Bonchev–Trinajstić information content (AvgIpc) is 3.17. The van der Waals surface area contributed by atoms with Gasteiger partial charge in [0.1, 0.15) is 17.3 Å². The second-order valence-electron chi connectivity index (χ2n) is 6.64. The van der Waals surface area contributed by atoms with Crippen LogP contribution in [0.15, 0.2) is 65.1 Å². The Morgan fingerprint density at radius 2 is 1.93 bits per heavy atom. The van der Waals surface area contributed by atoms with Gasteiger partial charge in [0.05, 0.1) is 5.69 Å². The van der Waals surface area contributed by atoms with Gasteiger partial charge in [-0.15, -0.1) is 0 Å². The van der Waals surface area contributed by atoms with E-state index in [0.717, 1.165) is 17.1 Å². The molecule has 1 aliphatic rings. The van der Waals surface area contributed by atoms with Crippen molar-refractivity contribution in [3.8, 4) is 17.1 Å². The molecular weight excluding hydrogens is 356 g/mol. The second-order valence-corrected chi connectivity index (χ2v) is 6.64. The molecule has 3 aromatic rings. The predicted octanol–water partition coefficient (Wildman–Crippen LogP) is 4.24. The molecule has 0 spiro atoms. The summed E-state index contributed by atoms with van der Waals surface area (Å²) in [5.41, 5.74) is 2.16. The number of nitrogens with one attached hydrogen (secondary N) is 2. The van der Waals surface area contributed by atoms with E-state index in [-0.39, 0.29) is 11.8 Å². The molecule has 2 heterocycles. The first-order valence-electron chi connectivity index (χ1n) is 9.14. The smallest absolute Gasteiger partial charge is 0.265 e. The highest BCUT2D eigenvalue weighted by atomic mass is 16.5. The largest absolute Gasteiger partial charge is 0.479 e. The molecule has 4 rings (SSSR count). The Hall–Kier alpha value is -3.54. The maximum atomic E-state index is 12.3. The third-order valence-electron chi connectivity index (χ3n) is 4.51. The summed E-state index contributed by atoms with van der Waals surface area (Å²) in [7, 11) is 0. The minimum absolute atomic E-state index is 0.131. The van der Waals surface area contributed by atoms with Crippen molar-refractivity contribution >= 4 is 23.2 Å². The van der Waals surface area contributed by atoms with Crippen molar-refractivity contribution in [2.75, 3.05) is 10.6 Å². The fourth-order valence-corrected chi connectivity index (χ4v) is 3.02. The van der Waals surface area contributed by atoms with Crippen LogP contribution in [0.25, 0.3) is 11.3 Å². The van der Waals surface area contributed by atoms with E-state index < -0.39 is 6.10 Å². The van der Waals surface area contributed by atoms with Crippen molar-refractivity contribution in [3.05, 3.63) is 66.4 Å². The Labute approximate surface area is 162 Å². The maximum Gasteiger partial charge on any atom is 0.265 e. The van der Waals surface area contributed by atoms with E-state index in [1.165, 1.54) is 0 Å². The van der Waals surface area contributed by atoms with Crippen molar-refractivity contribution in [2.45, 2.75) is 25.9 Å². The van der Waals surface area contributed by atoms with Gasteiger partial charge in [0.15, 0.2) is 6.10 Å². The van der Waals surface area contributed by atoms with E-state index in [2.05, 4.69) is 10.6 Å². The minimum Gasteiger partial charge on any atom is -0.479 e. The molecule has 0 radical (unpaired) electrons. The molecular formula is C22H20N2O4. The van der Waals surface area contributed by atoms with Crippen LogP contribution in [-0.4, -0.2) is 17.9 Å². The van der Waals surface area contributed by atoms with Crippen LogP contribution >= 0.6 is 0 Å². The van der Waals surface area contributed by atoms with Crippen LogP contribution in [0.4, 0.5) is 11.4 Å². The highest BCUT2D eigenvalue weighted by Gasteiger charge is 2.23. The predicted molar refractivity (Wildman–Crippen MR) is 106 cm³/mol. The third kappa shape index (κ3) is 3.91. The zero-order valence-corrected chi connectivity index (χ0v) is 15.4. The molecule has 0 saturated heterocycles. The molecule has 0 unspecified atom stereocenters. The highest BCUT2D eigenvalue weighted by Crippen LogP contribution is 2.32. The van der Waals surface area contributed by atoms with Crippen molar-refractivity contribution in [1.82, 2.24) is 0 Å². The van der Waals surface area contributed by atoms with E-state index in [0.29, 0.717) is 30.0 Å². The number of furan rings is 1. The first-order chi connectivity index (χ1) is 13.6. The van der Waals surface area contributed by atoms with Gasteiger partial charge in [-0.1, -0.05) is 30.3 Å². The molecule has 0 fully saturated rings. The first-order valence-corrected chi connectivity index (χ1v) is 9.14. The second kappa shape index (κ2) is 7.60. The number of hydrogen-bond donors (Lipinski definition) is 2. The van der Waals surface area contributed by atoms with Crippen molar-refractivity contribution < 1.29 is 18.7 Å². The molecule has 1 aromatic heterocycles. The van der Waals surface area contributed by atoms with Gasteiger partial charge in [-0.05, 0) is 37.3 Å². The van der Waals surface area contributed by atoms with Gasteiger partial charge in [0.2, 0.25) is 5.91 Å². The Morgan fingerprint density at radius 3 is 2.75 bits per heavy atom. The van der Waals surface area contributed by atoms with E-state index in [1.807, 2.05) is 42.5 Å². The lowest BCUT2D eigenvalue weighted by molar-refractivity contribution is -0.122. The van der Waals surface area contributed by atoms with Crippen LogP contribution in [-0.2, 0) is 16.0 Å². The fraction of sp³-hybridized carbons (Fsp3) is 0.182. The van der Waals surface area contributed by atoms with Crippen LogP contribution in [0.3, 0.4) is 0 Å². The number of ether oxygens (including phenoxy) is 1. The van der Waals surface area contributed by atoms with Gasteiger partial charge < -0.3 is 19.8 Å². The third-order valence-corrected chi connectivity index (χ3v) is 4.51. The zero-order chi connectivity index (χ0) is 19.5. The average molecular weight is 376 g/mol. The molecule has 6 heteroatoms. The first kappa shape index (κ1) is 17.9. The van der Waals surface area contributed by atoms with Crippen molar-refractivity contribution in [2.24, 2.45) is 0 Å². The Morgan fingerprint density at radius 1 is 1.11 bits per heavy atom. The molecule has 1 aliphatic heterocycles. The fourth-order valence-electron chi connectivity index (χ4n) is 3.02. The number of aryl methyl sites for hydroxylation is 1. The number of carbonyl (C=O) groups excluding carboxylic acids is 2. The summed E-state index contributed by atoms with van der Waals surface area (Å²) in [6.45, 7) is 1.69. The SMILES string of the molecule is C[C@H]1Oc2ccc(NC(=O)CCc3ccc(-c4ccccc4)o3)cc2NC1=O. The summed E-state index contributed by atoms with van der Waals surface area (Å²) in [6.07, 6.45) is 0.265. The lowest BCUT2D eigenvalue weighted by Crippen LogP contribution is -2.34. The molecule has 142 valence electrons. The molecule has 0 saturated carbocycles. The van der Waals surface area contributed by atoms with Crippen LogP contribution in [0, 0.1) is 0 Å². The lowest BCUT2D eigenvalue weighted by atomic mass is 10.2. The summed E-state index contributed by atoms with van der Waals surface area (Å²) < 4.78 is 11.3. The molecule has 0 bridgehead atoms. The standard InChI is InChI=1S/C22H20N2O4/c1-14-22(26)24-18-13-16(7-10-20(18)27-14)23-21(25)12-9-17-8-11-19(28-17)15-5-3-2-4-6-15/h2-8,10-11,13-14H,9,12H2,1H3,(H,23,25)(H,24,26)/t14-/m1/s1. The number of amides is 2. The van der Waals surface area contributed by atoms with Gasteiger partial charge >= 0.3 is 0 Å². The lowest BCUT2D eigenvalue weighted by Gasteiger charge is -2.23. The van der Waals surface area contributed by atoms with Crippen LogP contribution in [0.2, 0.25) is 0 Å². The van der Waals surface area contributed by atoms with E-state index in [9.17, 15) is 9.59 Å². The number of anilines is 2. The quantitative estimate of drug-likeness (QED) is 0.698. The molecule has 28 heavy (non-hydrogen) atoms. The number of hydrogen-bond acceptors (Lipinski definition) is 4. The monoisotopic (exact) mass is 376 g/mol. The van der Waals surface area contributed by atoms with Gasteiger partial charge in [0, 0.05) is 24.1 Å². The van der Waals surface area contributed by atoms with E-state index in [4.69, 9.17) is 9.15 Å². The topological polar surface area (TPSA) is 80.6 Å².